The summed E-state index contributed by atoms with van der Waals surface area (Å²) >= 11 is 6.13. The average Bonchev–Trinajstić information content (AvgIpc) is 2.42. The van der Waals surface area contributed by atoms with Crippen LogP contribution in [-0.4, -0.2) is 14.2 Å². The van der Waals surface area contributed by atoms with Crippen molar-refractivity contribution in [3.63, 3.8) is 0 Å². The molecule has 4 nitrogen and oxygen atoms in total. The minimum atomic E-state index is 0.546. The first-order valence-corrected chi connectivity index (χ1v) is 6.06. The molecule has 0 saturated carbocycles. The molecule has 0 heterocycles. The molecular formula is C14H15ClN2O2. The molecule has 2 aromatic rings. The van der Waals surface area contributed by atoms with Gasteiger partial charge in [0, 0.05) is 6.07 Å². The molecule has 0 aliphatic heterocycles. The van der Waals surface area contributed by atoms with Gasteiger partial charge in [0.05, 0.1) is 36.3 Å². The van der Waals surface area contributed by atoms with Gasteiger partial charge in [0.15, 0.2) is 0 Å². The second-order valence-corrected chi connectivity index (χ2v) is 4.30. The number of halogens is 1. The van der Waals surface area contributed by atoms with Crippen molar-refractivity contribution in [1.29, 1.82) is 0 Å². The summed E-state index contributed by atoms with van der Waals surface area (Å²) in [7, 11) is 3.21. The molecule has 5 heteroatoms. The fraction of sp³-hybridized carbons (Fsp3) is 0.143. The Labute approximate surface area is 117 Å². The van der Waals surface area contributed by atoms with Crippen molar-refractivity contribution in [3.8, 4) is 11.5 Å². The van der Waals surface area contributed by atoms with Crippen LogP contribution in [0.4, 0.5) is 17.1 Å². The van der Waals surface area contributed by atoms with Crippen LogP contribution in [0.5, 0.6) is 11.5 Å². The lowest BCUT2D eigenvalue weighted by molar-refractivity contribution is 0.405. The predicted octanol–water partition coefficient (Wildman–Crippen LogP) is 3.68. The Morgan fingerprint density at radius 3 is 2.53 bits per heavy atom. The Balaban J connectivity index is 2.42. The van der Waals surface area contributed by atoms with Crippen molar-refractivity contribution in [2.45, 2.75) is 0 Å². The van der Waals surface area contributed by atoms with E-state index in [1.54, 1.807) is 32.4 Å². The summed E-state index contributed by atoms with van der Waals surface area (Å²) in [6.07, 6.45) is 0. The van der Waals surface area contributed by atoms with Gasteiger partial charge >= 0.3 is 0 Å². The molecule has 2 rings (SSSR count). The van der Waals surface area contributed by atoms with E-state index in [1.165, 1.54) is 0 Å². The van der Waals surface area contributed by atoms with Crippen LogP contribution in [0.1, 0.15) is 0 Å². The van der Waals surface area contributed by atoms with Gasteiger partial charge in [0.25, 0.3) is 0 Å². The molecule has 0 spiro atoms. The molecule has 0 atom stereocenters. The van der Waals surface area contributed by atoms with Crippen LogP contribution >= 0.6 is 11.6 Å². The molecule has 0 radical (unpaired) electrons. The van der Waals surface area contributed by atoms with Crippen LogP contribution < -0.4 is 20.5 Å². The van der Waals surface area contributed by atoms with Gasteiger partial charge in [-0.15, -0.1) is 0 Å². The molecule has 0 aliphatic rings. The summed E-state index contributed by atoms with van der Waals surface area (Å²) in [6.45, 7) is 0. The number of hydrogen-bond acceptors (Lipinski definition) is 4. The van der Waals surface area contributed by atoms with Crippen LogP contribution in [0.3, 0.4) is 0 Å². The van der Waals surface area contributed by atoms with E-state index in [0.717, 1.165) is 5.69 Å². The minimum absolute atomic E-state index is 0.546. The number of methoxy groups -OCH3 is 2. The van der Waals surface area contributed by atoms with E-state index in [4.69, 9.17) is 26.8 Å². The molecule has 0 bridgehead atoms. The summed E-state index contributed by atoms with van der Waals surface area (Å²) in [4.78, 5) is 0. The van der Waals surface area contributed by atoms with E-state index in [9.17, 15) is 0 Å². The highest BCUT2D eigenvalue weighted by molar-refractivity contribution is 6.34. The van der Waals surface area contributed by atoms with Gasteiger partial charge in [-0.1, -0.05) is 17.7 Å². The molecular weight excluding hydrogens is 264 g/mol. The lowest BCUT2D eigenvalue weighted by Crippen LogP contribution is -1.99. The molecule has 0 fully saturated rings. The van der Waals surface area contributed by atoms with Crippen LogP contribution in [0, 0.1) is 0 Å². The monoisotopic (exact) mass is 278 g/mol. The van der Waals surface area contributed by atoms with E-state index < -0.39 is 0 Å². The first-order valence-electron chi connectivity index (χ1n) is 5.68. The van der Waals surface area contributed by atoms with Gasteiger partial charge in [-0.3, -0.25) is 0 Å². The van der Waals surface area contributed by atoms with Gasteiger partial charge in [0.2, 0.25) is 0 Å². The van der Waals surface area contributed by atoms with Gasteiger partial charge < -0.3 is 20.5 Å². The average molecular weight is 279 g/mol. The third-order valence-corrected chi connectivity index (χ3v) is 3.03. The van der Waals surface area contributed by atoms with Crippen LogP contribution in [-0.2, 0) is 0 Å². The molecule has 0 aliphatic carbocycles. The zero-order chi connectivity index (χ0) is 13.8. The number of hydrogen-bond donors (Lipinski definition) is 2. The van der Waals surface area contributed by atoms with Crippen LogP contribution in [0.2, 0.25) is 5.02 Å². The third-order valence-electron chi connectivity index (χ3n) is 2.71. The zero-order valence-electron chi connectivity index (χ0n) is 10.7. The van der Waals surface area contributed by atoms with Crippen LogP contribution in [0.15, 0.2) is 36.4 Å². The van der Waals surface area contributed by atoms with E-state index in [1.807, 2.05) is 18.2 Å². The van der Waals surface area contributed by atoms with Gasteiger partial charge in [0.1, 0.15) is 11.5 Å². The Bertz CT molecular complexity index is 567. The number of ether oxygens (including phenoxy) is 2. The lowest BCUT2D eigenvalue weighted by atomic mass is 10.2. The molecule has 2 aromatic carbocycles. The molecule has 100 valence electrons. The molecule has 0 aromatic heterocycles. The van der Waals surface area contributed by atoms with Crippen molar-refractivity contribution in [1.82, 2.24) is 0 Å². The number of anilines is 3. The standard InChI is InChI=1S/C14H15ClN2O2/c1-18-9-6-7-13(19-2)12(8-9)17-14-10(15)4-3-5-11(14)16/h3-8,17H,16H2,1-2H3. The summed E-state index contributed by atoms with van der Waals surface area (Å²) in [5, 5.41) is 3.72. The van der Waals surface area contributed by atoms with Crippen LogP contribution in [0.25, 0.3) is 0 Å². The smallest absolute Gasteiger partial charge is 0.142 e. The SMILES string of the molecule is COc1ccc(OC)c(Nc2c(N)cccc2Cl)c1. The van der Waals surface area contributed by atoms with Gasteiger partial charge in [-0.2, -0.15) is 0 Å². The van der Waals surface area contributed by atoms with Crippen molar-refractivity contribution < 1.29 is 9.47 Å². The zero-order valence-corrected chi connectivity index (χ0v) is 11.5. The first kappa shape index (κ1) is 13.4. The number of nitrogens with one attached hydrogen (secondary N) is 1. The summed E-state index contributed by atoms with van der Waals surface area (Å²) in [5.74, 6) is 1.40. The fourth-order valence-corrected chi connectivity index (χ4v) is 1.95. The Hall–Kier alpha value is -2.07. The lowest BCUT2D eigenvalue weighted by Gasteiger charge is -2.15. The second-order valence-electron chi connectivity index (χ2n) is 3.90. The van der Waals surface area contributed by atoms with E-state index in [-0.39, 0.29) is 0 Å². The summed E-state index contributed by atoms with van der Waals surface area (Å²) < 4.78 is 10.5. The summed E-state index contributed by atoms with van der Waals surface area (Å²) in [6, 6.07) is 10.8. The number of nitrogen functional groups attached to an aromatic ring is 1. The van der Waals surface area contributed by atoms with E-state index in [0.29, 0.717) is 27.9 Å². The highest BCUT2D eigenvalue weighted by Gasteiger charge is 2.09. The maximum absolute atomic E-state index is 6.13. The first-order chi connectivity index (χ1) is 9.15. The minimum Gasteiger partial charge on any atom is -0.497 e. The van der Waals surface area contributed by atoms with Crippen molar-refractivity contribution in [2.24, 2.45) is 0 Å². The maximum atomic E-state index is 6.13. The normalized spacial score (nSPS) is 10.1. The van der Waals surface area contributed by atoms with Crippen molar-refractivity contribution >= 4 is 28.7 Å². The number of benzene rings is 2. The predicted molar refractivity (Wildman–Crippen MR) is 78.7 cm³/mol. The molecule has 19 heavy (non-hydrogen) atoms. The third kappa shape index (κ3) is 2.85. The van der Waals surface area contributed by atoms with Gasteiger partial charge in [-0.25, -0.2) is 0 Å². The maximum Gasteiger partial charge on any atom is 0.142 e. The second kappa shape index (κ2) is 5.71. The summed E-state index contributed by atoms with van der Waals surface area (Å²) in [5.41, 5.74) is 7.87. The Morgan fingerprint density at radius 1 is 1.11 bits per heavy atom. The van der Waals surface area contributed by atoms with E-state index >= 15 is 0 Å². The quantitative estimate of drug-likeness (QED) is 0.838. The van der Waals surface area contributed by atoms with Crippen molar-refractivity contribution in [2.75, 3.05) is 25.3 Å². The Kier molecular flexibility index (Phi) is 4.02. The number of para-hydroxylation sites is 1. The fourth-order valence-electron chi connectivity index (χ4n) is 1.72. The number of rotatable bonds is 4. The van der Waals surface area contributed by atoms with Gasteiger partial charge in [-0.05, 0) is 24.3 Å². The molecule has 3 N–H and O–H groups in total. The largest absolute Gasteiger partial charge is 0.497 e. The molecule has 0 unspecified atom stereocenters. The highest BCUT2D eigenvalue weighted by Crippen LogP contribution is 2.36. The highest BCUT2D eigenvalue weighted by atomic mass is 35.5. The molecule has 0 saturated heterocycles. The molecule has 0 amide bonds. The Morgan fingerprint density at radius 2 is 1.89 bits per heavy atom. The van der Waals surface area contributed by atoms with E-state index in [2.05, 4.69) is 5.32 Å². The number of nitrogens with two attached hydrogens (primary N) is 1. The topological polar surface area (TPSA) is 56.5 Å². The van der Waals surface area contributed by atoms with Crippen molar-refractivity contribution in [3.05, 3.63) is 41.4 Å².